The highest BCUT2D eigenvalue weighted by Gasteiger charge is 2.51. The van der Waals surface area contributed by atoms with E-state index >= 15 is 0 Å². The molecule has 1 fully saturated rings. The third-order valence-electron chi connectivity index (χ3n) is 5.23. The Labute approximate surface area is 216 Å². The van der Waals surface area contributed by atoms with Crippen LogP contribution < -0.4 is 16.0 Å². The zero-order valence-electron chi connectivity index (χ0n) is 17.7. The molecule has 182 valence electrons. The number of alkyl halides is 4. The van der Waals surface area contributed by atoms with Crippen molar-refractivity contribution in [1.82, 2.24) is 25.6 Å². The van der Waals surface area contributed by atoms with Crippen LogP contribution in [0.15, 0.2) is 55.2 Å². The molecule has 35 heavy (non-hydrogen) atoms. The molecule has 1 unspecified atom stereocenters. The summed E-state index contributed by atoms with van der Waals surface area (Å²) >= 11 is 7.69. The maximum Gasteiger partial charge on any atom is 0.418 e. The Morgan fingerprint density at radius 3 is 2.40 bits per heavy atom. The molecule has 2 aromatic heterocycles. The summed E-state index contributed by atoms with van der Waals surface area (Å²) in [6.07, 6.45) is 1.78. The highest BCUT2D eigenvalue weighted by atomic mass is 127. The molecule has 1 aromatic carbocycles. The van der Waals surface area contributed by atoms with E-state index in [1.54, 1.807) is 12.1 Å². The van der Waals surface area contributed by atoms with Crippen LogP contribution in [-0.2, 0) is 11.0 Å². The quantitative estimate of drug-likeness (QED) is 0.200. The normalized spacial score (nSPS) is 15.1. The Morgan fingerprint density at radius 2 is 1.80 bits per heavy atom. The minimum absolute atomic E-state index is 0.0263. The van der Waals surface area contributed by atoms with Gasteiger partial charge in [0.25, 0.3) is 5.91 Å². The molecule has 1 aliphatic carbocycles. The first-order valence-electron chi connectivity index (χ1n) is 10.2. The molecule has 0 bridgehead atoms. The zero-order valence-corrected chi connectivity index (χ0v) is 20.6. The van der Waals surface area contributed by atoms with Gasteiger partial charge in [0, 0.05) is 17.4 Å². The van der Waals surface area contributed by atoms with Crippen LogP contribution in [0.5, 0.6) is 0 Å². The van der Waals surface area contributed by atoms with Gasteiger partial charge in [-0.1, -0.05) is 34.2 Å². The lowest BCUT2D eigenvalue weighted by Gasteiger charge is -2.20. The molecular formula is C22H17ClF3IN6O2. The second kappa shape index (κ2) is 9.93. The largest absolute Gasteiger partial charge is 0.418 e. The Hall–Kier alpha value is -3.00. The summed E-state index contributed by atoms with van der Waals surface area (Å²) in [6.45, 7) is 0. The highest BCUT2D eigenvalue weighted by molar-refractivity contribution is 14.1. The minimum Gasteiger partial charge on any atom is -0.354 e. The number of carbonyl (C=O) groups excluding carboxylic acids is 2. The van der Waals surface area contributed by atoms with Crippen molar-refractivity contribution in [2.75, 3.05) is 5.32 Å². The van der Waals surface area contributed by atoms with E-state index in [1.807, 2.05) is 22.6 Å². The molecule has 1 aliphatic rings. The van der Waals surface area contributed by atoms with Gasteiger partial charge in [0.05, 0.1) is 34.4 Å². The van der Waals surface area contributed by atoms with Crippen molar-refractivity contribution < 1.29 is 22.8 Å². The first-order valence-corrected chi connectivity index (χ1v) is 11.8. The van der Waals surface area contributed by atoms with Gasteiger partial charge in [0.1, 0.15) is 15.9 Å². The van der Waals surface area contributed by atoms with Gasteiger partial charge in [-0.15, -0.1) is 0 Å². The van der Waals surface area contributed by atoms with Crippen molar-refractivity contribution in [3.05, 3.63) is 77.1 Å². The average Bonchev–Trinajstić information content (AvgIpc) is 3.61. The topological polar surface area (TPSA) is 109 Å². The Balaban J connectivity index is 1.39. The molecule has 13 heteroatoms. The third kappa shape index (κ3) is 5.99. The van der Waals surface area contributed by atoms with Crippen LogP contribution in [-0.4, -0.2) is 32.3 Å². The second-order valence-corrected chi connectivity index (χ2v) is 9.47. The van der Waals surface area contributed by atoms with Crippen LogP contribution in [0, 0.1) is 0 Å². The lowest BCUT2D eigenvalue weighted by Crippen LogP contribution is -2.49. The molecule has 3 aromatic rings. The van der Waals surface area contributed by atoms with Gasteiger partial charge in [-0.3, -0.25) is 14.6 Å². The molecule has 2 amide bonds. The fourth-order valence-electron chi connectivity index (χ4n) is 3.21. The number of rotatable bonds is 7. The SMILES string of the molecule is O=C(NC1(C(=O)NC(I)c2ccc(Nc3ccc(Cl)cc3C(F)(F)F)cn2)CC1)c1cncnc1. The Kier molecular flexibility index (Phi) is 7.12. The number of nitrogens with zero attached hydrogens (tertiary/aromatic N) is 3. The summed E-state index contributed by atoms with van der Waals surface area (Å²) in [5.74, 6) is -0.806. The number of amides is 2. The van der Waals surface area contributed by atoms with Gasteiger partial charge in [0.2, 0.25) is 5.91 Å². The van der Waals surface area contributed by atoms with Gasteiger partial charge in [-0.05, 0) is 43.2 Å². The maximum absolute atomic E-state index is 13.3. The summed E-state index contributed by atoms with van der Waals surface area (Å²) in [4.78, 5) is 37.0. The van der Waals surface area contributed by atoms with E-state index in [-0.39, 0.29) is 22.2 Å². The predicted molar refractivity (Wildman–Crippen MR) is 130 cm³/mol. The highest BCUT2D eigenvalue weighted by Crippen LogP contribution is 2.38. The number of aromatic nitrogens is 3. The first kappa shape index (κ1) is 25.1. The molecule has 2 heterocycles. The molecule has 1 atom stereocenters. The molecule has 0 spiro atoms. The van der Waals surface area contributed by atoms with Gasteiger partial charge in [-0.25, -0.2) is 9.97 Å². The molecule has 1 saturated carbocycles. The monoisotopic (exact) mass is 616 g/mol. The van der Waals surface area contributed by atoms with E-state index in [4.69, 9.17) is 11.6 Å². The molecule has 0 aliphatic heterocycles. The number of nitrogens with one attached hydrogen (secondary N) is 3. The van der Waals surface area contributed by atoms with Gasteiger partial charge < -0.3 is 16.0 Å². The number of benzene rings is 1. The standard InChI is InChI=1S/C22H17ClF3IN6O2/c23-13-1-3-16(15(7-13)22(24,25)26)31-14-2-4-17(30-10-14)18(27)32-20(35)21(5-6-21)33-19(34)12-8-28-11-29-9-12/h1-4,7-11,18,31H,5-6H2,(H,32,35)(H,33,34). The van der Waals surface area contributed by atoms with Gasteiger partial charge in [-0.2, -0.15) is 13.2 Å². The van der Waals surface area contributed by atoms with Crippen LogP contribution in [0.4, 0.5) is 24.5 Å². The lowest BCUT2D eigenvalue weighted by molar-refractivity contribution is -0.137. The van der Waals surface area contributed by atoms with E-state index in [0.717, 1.165) is 6.07 Å². The van der Waals surface area contributed by atoms with E-state index in [2.05, 4.69) is 30.9 Å². The number of hydrogen-bond acceptors (Lipinski definition) is 6. The Morgan fingerprint density at radius 1 is 1.09 bits per heavy atom. The minimum atomic E-state index is -4.58. The van der Waals surface area contributed by atoms with E-state index in [1.165, 1.54) is 37.1 Å². The van der Waals surface area contributed by atoms with Crippen molar-refractivity contribution >= 4 is 57.4 Å². The van der Waals surface area contributed by atoms with Crippen molar-refractivity contribution in [3.63, 3.8) is 0 Å². The lowest BCUT2D eigenvalue weighted by atomic mass is 10.1. The number of halogens is 5. The van der Waals surface area contributed by atoms with Crippen molar-refractivity contribution in [3.8, 4) is 0 Å². The van der Waals surface area contributed by atoms with Crippen molar-refractivity contribution in [2.45, 2.75) is 28.6 Å². The van der Waals surface area contributed by atoms with E-state index in [9.17, 15) is 22.8 Å². The fourth-order valence-corrected chi connectivity index (χ4v) is 4.03. The number of hydrogen-bond donors (Lipinski definition) is 3. The smallest absolute Gasteiger partial charge is 0.354 e. The van der Waals surface area contributed by atoms with Crippen LogP contribution in [0.25, 0.3) is 0 Å². The average molecular weight is 617 g/mol. The third-order valence-corrected chi connectivity index (χ3v) is 6.41. The van der Waals surface area contributed by atoms with E-state index < -0.39 is 27.2 Å². The van der Waals surface area contributed by atoms with Crippen LogP contribution in [0.3, 0.4) is 0 Å². The summed E-state index contributed by atoms with van der Waals surface area (Å²) < 4.78 is 39.4. The van der Waals surface area contributed by atoms with Crippen LogP contribution in [0.1, 0.15) is 38.5 Å². The van der Waals surface area contributed by atoms with Crippen LogP contribution >= 0.6 is 34.2 Å². The first-order chi connectivity index (χ1) is 16.6. The van der Waals surface area contributed by atoms with Crippen molar-refractivity contribution in [1.29, 1.82) is 0 Å². The second-order valence-electron chi connectivity index (χ2n) is 7.78. The summed E-state index contributed by atoms with van der Waals surface area (Å²) in [5.41, 5.74) is -1.02. The van der Waals surface area contributed by atoms with Gasteiger partial charge >= 0.3 is 6.18 Å². The molecule has 4 rings (SSSR count). The summed E-state index contributed by atoms with van der Waals surface area (Å²) in [6, 6.07) is 6.58. The zero-order chi connectivity index (χ0) is 25.2. The number of anilines is 2. The molecule has 0 radical (unpaired) electrons. The molecule has 8 nitrogen and oxygen atoms in total. The fraction of sp³-hybridized carbons (Fsp3) is 0.227. The van der Waals surface area contributed by atoms with E-state index in [0.29, 0.717) is 24.2 Å². The number of pyridine rings is 1. The maximum atomic E-state index is 13.3. The summed E-state index contributed by atoms with van der Waals surface area (Å²) in [5, 5.41) is 8.22. The number of carbonyl (C=O) groups is 2. The summed E-state index contributed by atoms with van der Waals surface area (Å²) in [7, 11) is 0. The molecule has 0 saturated heterocycles. The predicted octanol–water partition coefficient (Wildman–Crippen LogP) is 4.80. The van der Waals surface area contributed by atoms with Gasteiger partial charge in [0.15, 0.2) is 0 Å². The molecule has 3 N–H and O–H groups in total. The van der Waals surface area contributed by atoms with Crippen LogP contribution in [0.2, 0.25) is 5.02 Å². The Bertz CT molecular complexity index is 1240. The van der Waals surface area contributed by atoms with Crippen molar-refractivity contribution in [2.24, 2.45) is 0 Å². The molecular weight excluding hydrogens is 600 g/mol.